The summed E-state index contributed by atoms with van der Waals surface area (Å²) in [7, 11) is 0. The molecule has 5 nitrogen and oxygen atoms in total. The highest BCUT2D eigenvalue weighted by atomic mass is 35.5. The van der Waals surface area contributed by atoms with Crippen LogP contribution in [0.5, 0.6) is 0 Å². The van der Waals surface area contributed by atoms with Crippen molar-refractivity contribution >= 4 is 35.0 Å². The monoisotopic (exact) mass is 382 g/mol. The van der Waals surface area contributed by atoms with Crippen LogP contribution in [0.1, 0.15) is 19.8 Å². The molecule has 25 heavy (non-hydrogen) atoms. The van der Waals surface area contributed by atoms with E-state index in [4.69, 9.17) is 11.6 Å². The predicted molar refractivity (Wildman–Crippen MR) is 108 cm³/mol. The van der Waals surface area contributed by atoms with Crippen LogP contribution in [-0.4, -0.2) is 60.4 Å². The van der Waals surface area contributed by atoms with Gasteiger partial charge in [-0.1, -0.05) is 17.7 Å². The first-order valence-electron chi connectivity index (χ1n) is 8.93. The maximum Gasteiger partial charge on any atom is 0.191 e. The molecule has 7 heteroatoms. The topological polar surface area (TPSA) is 59.9 Å². The molecule has 1 aromatic rings. The van der Waals surface area contributed by atoms with Crippen molar-refractivity contribution in [3.63, 3.8) is 0 Å². The van der Waals surface area contributed by atoms with E-state index in [1.54, 1.807) is 11.8 Å². The molecule has 3 N–H and O–H groups in total. The maximum absolute atomic E-state index is 10.5. The number of hydrogen-bond donors (Lipinski definition) is 3. The second-order valence-electron chi connectivity index (χ2n) is 6.78. The molecule has 0 amide bonds. The SMILES string of the molecule is CCNC(=NCC1(O)CCSC1)NC1CCN(c2cccc(Cl)c2)C1. The number of aliphatic hydroxyl groups is 1. The van der Waals surface area contributed by atoms with E-state index < -0.39 is 5.60 Å². The highest BCUT2D eigenvalue weighted by Gasteiger charge is 2.31. The van der Waals surface area contributed by atoms with Crippen molar-refractivity contribution < 1.29 is 5.11 Å². The maximum atomic E-state index is 10.5. The van der Waals surface area contributed by atoms with Gasteiger partial charge in [0.1, 0.15) is 0 Å². The molecule has 2 unspecified atom stereocenters. The van der Waals surface area contributed by atoms with Crippen LogP contribution in [-0.2, 0) is 0 Å². The third kappa shape index (κ3) is 5.19. The summed E-state index contributed by atoms with van der Waals surface area (Å²) in [4.78, 5) is 6.98. The van der Waals surface area contributed by atoms with Crippen LogP contribution in [0.15, 0.2) is 29.3 Å². The summed E-state index contributed by atoms with van der Waals surface area (Å²) in [6.45, 7) is 5.25. The highest BCUT2D eigenvalue weighted by molar-refractivity contribution is 7.99. The van der Waals surface area contributed by atoms with E-state index in [0.29, 0.717) is 12.6 Å². The lowest BCUT2D eigenvalue weighted by molar-refractivity contribution is 0.0778. The van der Waals surface area contributed by atoms with Crippen molar-refractivity contribution in [3.8, 4) is 0 Å². The summed E-state index contributed by atoms with van der Waals surface area (Å²) in [6.07, 6.45) is 1.88. The van der Waals surface area contributed by atoms with Crippen LogP contribution < -0.4 is 15.5 Å². The van der Waals surface area contributed by atoms with Crippen molar-refractivity contribution in [2.24, 2.45) is 4.99 Å². The largest absolute Gasteiger partial charge is 0.387 e. The molecular weight excluding hydrogens is 356 g/mol. The van der Waals surface area contributed by atoms with Gasteiger partial charge in [0.2, 0.25) is 0 Å². The zero-order valence-electron chi connectivity index (χ0n) is 14.7. The standard InChI is InChI=1S/C18H27ClN4OS/c1-2-20-17(21-12-18(24)7-9-25-13-18)22-15-6-8-23(11-15)16-5-3-4-14(19)10-16/h3-5,10,15,24H,2,6-9,11-13H2,1H3,(H2,20,21,22). The number of thioether (sulfide) groups is 1. The van der Waals surface area contributed by atoms with E-state index in [1.807, 2.05) is 18.2 Å². The van der Waals surface area contributed by atoms with Crippen LogP contribution in [0.3, 0.4) is 0 Å². The molecule has 0 radical (unpaired) electrons. The molecule has 2 saturated heterocycles. The summed E-state index contributed by atoms with van der Waals surface area (Å²) < 4.78 is 0. The Kier molecular flexibility index (Phi) is 6.36. The minimum absolute atomic E-state index is 0.337. The van der Waals surface area contributed by atoms with Crippen LogP contribution in [0.4, 0.5) is 5.69 Å². The second-order valence-corrected chi connectivity index (χ2v) is 8.32. The summed E-state index contributed by atoms with van der Waals surface area (Å²) >= 11 is 7.91. The number of nitrogens with zero attached hydrogens (tertiary/aromatic N) is 2. The normalized spacial score (nSPS) is 26.9. The molecule has 2 heterocycles. The Hall–Kier alpha value is -1.11. The summed E-state index contributed by atoms with van der Waals surface area (Å²) in [5.74, 6) is 2.60. The highest BCUT2D eigenvalue weighted by Crippen LogP contribution is 2.28. The van der Waals surface area contributed by atoms with E-state index in [-0.39, 0.29) is 0 Å². The Morgan fingerprint density at radius 3 is 3.12 bits per heavy atom. The Morgan fingerprint density at radius 1 is 1.52 bits per heavy atom. The van der Waals surface area contributed by atoms with Crippen molar-refractivity contribution in [3.05, 3.63) is 29.3 Å². The predicted octanol–water partition coefficient (Wildman–Crippen LogP) is 2.34. The third-order valence-electron chi connectivity index (χ3n) is 4.66. The van der Waals surface area contributed by atoms with E-state index in [2.05, 4.69) is 33.5 Å². The van der Waals surface area contributed by atoms with Crippen molar-refractivity contribution in [2.45, 2.75) is 31.4 Å². The smallest absolute Gasteiger partial charge is 0.191 e. The van der Waals surface area contributed by atoms with Crippen LogP contribution >= 0.6 is 23.4 Å². The molecule has 1 aromatic carbocycles. The van der Waals surface area contributed by atoms with E-state index >= 15 is 0 Å². The summed E-state index contributed by atoms with van der Waals surface area (Å²) in [5.41, 5.74) is 0.520. The van der Waals surface area contributed by atoms with E-state index in [9.17, 15) is 5.11 Å². The van der Waals surface area contributed by atoms with Crippen LogP contribution in [0.25, 0.3) is 0 Å². The van der Waals surface area contributed by atoms with Gasteiger partial charge in [0.05, 0.1) is 12.1 Å². The Labute approximate surface area is 159 Å². The number of hydrogen-bond acceptors (Lipinski definition) is 4. The Balaban J connectivity index is 1.57. The Morgan fingerprint density at radius 2 is 2.40 bits per heavy atom. The number of aliphatic imine (C=N–C) groups is 1. The minimum atomic E-state index is -0.643. The average Bonchev–Trinajstić information content (AvgIpc) is 3.23. The van der Waals surface area contributed by atoms with Gasteiger partial charge in [-0.05, 0) is 43.7 Å². The molecule has 0 aliphatic carbocycles. The first-order valence-corrected chi connectivity index (χ1v) is 10.5. The number of anilines is 1. The number of guanidine groups is 1. The molecule has 0 saturated carbocycles. The third-order valence-corrected chi connectivity index (χ3v) is 6.13. The van der Waals surface area contributed by atoms with Crippen LogP contribution in [0.2, 0.25) is 5.02 Å². The molecule has 138 valence electrons. The molecule has 3 rings (SSSR count). The van der Waals surface area contributed by atoms with Gasteiger partial charge in [0.15, 0.2) is 5.96 Å². The molecule has 2 aliphatic rings. The van der Waals surface area contributed by atoms with Gasteiger partial charge in [-0.3, -0.25) is 4.99 Å². The first-order chi connectivity index (χ1) is 12.1. The summed E-state index contributed by atoms with van der Waals surface area (Å²) in [6, 6.07) is 8.34. The van der Waals surface area contributed by atoms with Gasteiger partial charge in [-0.2, -0.15) is 11.8 Å². The molecule has 0 spiro atoms. The molecule has 2 fully saturated rings. The van der Waals surface area contributed by atoms with Crippen molar-refractivity contribution in [1.82, 2.24) is 10.6 Å². The van der Waals surface area contributed by atoms with E-state index in [1.165, 1.54) is 0 Å². The average molecular weight is 383 g/mol. The van der Waals surface area contributed by atoms with Gasteiger partial charge < -0.3 is 20.6 Å². The number of rotatable bonds is 5. The van der Waals surface area contributed by atoms with E-state index in [0.717, 1.165) is 60.7 Å². The molecular formula is C18H27ClN4OS. The van der Waals surface area contributed by atoms with Gasteiger partial charge >= 0.3 is 0 Å². The molecule has 0 bridgehead atoms. The summed E-state index contributed by atoms with van der Waals surface area (Å²) in [5, 5.41) is 18.1. The Bertz CT molecular complexity index is 606. The second kappa shape index (κ2) is 8.52. The first kappa shape index (κ1) is 18.7. The molecule has 2 atom stereocenters. The lowest BCUT2D eigenvalue weighted by Gasteiger charge is -2.22. The zero-order chi connectivity index (χ0) is 17.7. The molecule has 2 aliphatic heterocycles. The van der Waals surface area contributed by atoms with Gasteiger partial charge in [0.25, 0.3) is 0 Å². The fourth-order valence-corrected chi connectivity index (χ4v) is 4.71. The zero-order valence-corrected chi connectivity index (χ0v) is 16.2. The quantitative estimate of drug-likeness (QED) is 0.539. The minimum Gasteiger partial charge on any atom is -0.387 e. The lowest BCUT2D eigenvalue weighted by atomic mass is 10.1. The molecule has 0 aromatic heterocycles. The fraction of sp³-hybridized carbons (Fsp3) is 0.611. The number of halogens is 1. The van der Waals surface area contributed by atoms with Crippen molar-refractivity contribution in [2.75, 3.05) is 42.6 Å². The van der Waals surface area contributed by atoms with Gasteiger partial charge in [-0.15, -0.1) is 0 Å². The number of nitrogens with one attached hydrogen (secondary N) is 2. The van der Waals surface area contributed by atoms with Crippen molar-refractivity contribution in [1.29, 1.82) is 0 Å². The van der Waals surface area contributed by atoms with Gasteiger partial charge in [-0.25, -0.2) is 0 Å². The fourth-order valence-electron chi connectivity index (χ4n) is 3.25. The van der Waals surface area contributed by atoms with Crippen LogP contribution in [0, 0.1) is 0 Å². The number of benzene rings is 1. The van der Waals surface area contributed by atoms with Gasteiger partial charge in [0, 0.05) is 42.1 Å². The lowest BCUT2D eigenvalue weighted by Crippen LogP contribution is -2.45.